The van der Waals surface area contributed by atoms with E-state index in [-0.39, 0.29) is 12.4 Å². The first-order valence-electron chi connectivity index (χ1n) is 2.68. The van der Waals surface area contributed by atoms with Gasteiger partial charge in [-0.2, -0.15) is 0 Å². The van der Waals surface area contributed by atoms with Crippen molar-refractivity contribution in [2.75, 3.05) is 42.7 Å². The van der Waals surface area contributed by atoms with Gasteiger partial charge >= 0.3 is 0 Å². The van der Waals surface area contributed by atoms with Gasteiger partial charge in [0.15, 0.2) is 0 Å². The quantitative estimate of drug-likeness (QED) is 0.287. The van der Waals surface area contributed by atoms with Crippen molar-refractivity contribution in [1.82, 2.24) is 0 Å². The molecule has 0 unspecified atom stereocenters. The fourth-order valence-electron chi connectivity index (χ4n) is 0. The molecular formula is C6H25ClO6. The zero-order valence-electron chi connectivity index (χ0n) is 9.09. The van der Waals surface area contributed by atoms with Gasteiger partial charge in [-0.25, -0.2) is 0 Å². The standard InChI is InChI=1S/6CH4O.ClH/c6*1-2;/h6*2H,1H3;1H. The van der Waals surface area contributed by atoms with Gasteiger partial charge < -0.3 is 30.6 Å². The summed E-state index contributed by atoms with van der Waals surface area (Å²) in [7, 11) is 6.00. The Bertz CT molecular complexity index is 17.1. The van der Waals surface area contributed by atoms with Crippen LogP contribution in [0.1, 0.15) is 0 Å². The van der Waals surface area contributed by atoms with Crippen LogP contribution in [-0.4, -0.2) is 73.3 Å². The van der Waals surface area contributed by atoms with Crippen LogP contribution in [0.25, 0.3) is 0 Å². The predicted octanol–water partition coefficient (Wildman–Crippen LogP) is -1.93. The Hall–Kier alpha value is 0.0500. The summed E-state index contributed by atoms with van der Waals surface area (Å²) in [5.41, 5.74) is 0. The normalized spacial score (nSPS) is 2.77. The highest BCUT2D eigenvalue weighted by atomic mass is 35.5. The molecule has 0 aromatic rings. The summed E-state index contributed by atoms with van der Waals surface area (Å²) in [6, 6.07) is 0. The van der Waals surface area contributed by atoms with Crippen molar-refractivity contribution in [2.24, 2.45) is 0 Å². The number of halogens is 1. The van der Waals surface area contributed by atoms with Crippen molar-refractivity contribution < 1.29 is 30.6 Å². The Labute approximate surface area is 86.5 Å². The first kappa shape index (κ1) is 51.8. The van der Waals surface area contributed by atoms with Crippen LogP contribution in [0.2, 0.25) is 0 Å². The van der Waals surface area contributed by atoms with Crippen molar-refractivity contribution in [3.63, 3.8) is 0 Å². The molecule has 6 N–H and O–H groups in total. The van der Waals surface area contributed by atoms with Gasteiger partial charge in [0.05, 0.1) is 0 Å². The van der Waals surface area contributed by atoms with E-state index < -0.39 is 0 Å². The molecule has 0 radical (unpaired) electrons. The van der Waals surface area contributed by atoms with Gasteiger partial charge in [0.1, 0.15) is 0 Å². The Balaban J connectivity index is -0.00000000655. The number of hydrogen-bond acceptors (Lipinski definition) is 6. The van der Waals surface area contributed by atoms with Crippen molar-refractivity contribution in [3.8, 4) is 0 Å². The number of aliphatic hydroxyl groups is 6. The molecule has 7 heteroatoms. The second-order valence-electron chi connectivity index (χ2n) is 0. The van der Waals surface area contributed by atoms with Crippen LogP contribution < -0.4 is 0 Å². The highest BCUT2D eigenvalue weighted by Gasteiger charge is 0.849. The molecule has 0 aliphatic rings. The second kappa shape index (κ2) is 589000. The minimum atomic E-state index is 0. The summed E-state index contributed by atoms with van der Waals surface area (Å²) in [4.78, 5) is 0. The molecule has 0 bridgehead atoms. The van der Waals surface area contributed by atoms with Crippen LogP contribution >= 0.6 is 12.4 Å². The van der Waals surface area contributed by atoms with Crippen LogP contribution in [0.4, 0.5) is 0 Å². The molecule has 0 atom stereocenters. The van der Waals surface area contributed by atoms with E-state index in [2.05, 4.69) is 0 Å². The molecule has 92 valence electrons. The van der Waals surface area contributed by atoms with Crippen LogP contribution in [-0.2, 0) is 0 Å². The average Bonchev–Trinajstić information content (AvgIpc) is 2.33. The molecule has 0 saturated heterocycles. The lowest BCUT2D eigenvalue weighted by Crippen LogP contribution is -1.25. The molecule has 0 aromatic heterocycles. The Morgan fingerprint density at radius 1 is 0.308 bits per heavy atom. The van der Waals surface area contributed by atoms with Gasteiger partial charge in [0.25, 0.3) is 0 Å². The largest absolute Gasteiger partial charge is 0.400 e. The lowest BCUT2D eigenvalue weighted by atomic mass is 11.8. The van der Waals surface area contributed by atoms with Crippen molar-refractivity contribution in [1.29, 1.82) is 0 Å². The maximum absolute atomic E-state index is 7.00. The minimum absolute atomic E-state index is 0. The zero-order valence-corrected chi connectivity index (χ0v) is 9.91. The summed E-state index contributed by atoms with van der Waals surface area (Å²) in [6.07, 6.45) is 0. The van der Waals surface area contributed by atoms with E-state index in [1.165, 1.54) is 0 Å². The fourth-order valence-corrected chi connectivity index (χ4v) is 0. The SMILES string of the molecule is CO.CO.CO.CO.CO.CO.Cl. The Morgan fingerprint density at radius 3 is 0.308 bits per heavy atom. The van der Waals surface area contributed by atoms with Crippen LogP contribution in [0, 0.1) is 0 Å². The maximum Gasteiger partial charge on any atom is 0.0319 e. The van der Waals surface area contributed by atoms with Gasteiger partial charge in [-0.3, -0.25) is 0 Å². The molecule has 0 fully saturated rings. The van der Waals surface area contributed by atoms with Crippen molar-refractivity contribution in [3.05, 3.63) is 0 Å². The molecule has 13 heavy (non-hydrogen) atoms. The van der Waals surface area contributed by atoms with E-state index in [0.29, 0.717) is 0 Å². The summed E-state index contributed by atoms with van der Waals surface area (Å²) in [5.74, 6) is 0. The first-order chi connectivity index (χ1) is 6.00. The summed E-state index contributed by atoms with van der Waals surface area (Å²) >= 11 is 0. The van der Waals surface area contributed by atoms with Gasteiger partial charge in [0.2, 0.25) is 0 Å². The summed E-state index contributed by atoms with van der Waals surface area (Å²) in [5, 5.41) is 42.0. The predicted molar refractivity (Wildman–Crippen MR) is 56.1 cm³/mol. The third kappa shape index (κ3) is 487000. The number of hydrogen-bond donors (Lipinski definition) is 6. The molecule has 0 amide bonds. The number of aliphatic hydroxyl groups excluding tert-OH is 6. The molecule has 6 nitrogen and oxygen atoms in total. The third-order valence-electron chi connectivity index (χ3n) is 0. The molecule has 0 aliphatic carbocycles. The van der Waals surface area contributed by atoms with E-state index in [9.17, 15) is 0 Å². The number of rotatable bonds is 0. The van der Waals surface area contributed by atoms with Gasteiger partial charge in [-0.1, -0.05) is 0 Å². The third-order valence-corrected chi connectivity index (χ3v) is 0. The molecule has 0 aromatic carbocycles. The molecular weight excluding hydrogens is 204 g/mol. The summed E-state index contributed by atoms with van der Waals surface area (Å²) < 4.78 is 0. The highest BCUT2D eigenvalue weighted by molar-refractivity contribution is 5.85. The first-order valence-corrected chi connectivity index (χ1v) is 2.68. The molecule has 0 spiro atoms. The van der Waals surface area contributed by atoms with Crippen LogP contribution in [0.3, 0.4) is 0 Å². The summed E-state index contributed by atoms with van der Waals surface area (Å²) in [6.45, 7) is 0. The fraction of sp³-hybridized carbons (Fsp3) is 1.00. The second-order valence-corrected chi connectivity index (χ2v) is 0. The maximum atomic E-state index is 7.00. The van der Waals surface area contributed by atoms with E-state index in [0.717, 1.165) is 42.7 Å². The van der Waals surface area contributed by atoms with E-state index in [1.807, 2.05) is 0 Å². The monoisotopic (exact) mass is 228 g/mol. The van der Waals surface area contributed by atoms with Crippen molar-refractivity contribution in [2.45, 2.75) is 0 Å². The smallest absolute Gasteiger partial charge is 0.0319 e. The van der Waals surface area contributed by atoms with Gasteiger partial charge in [-0.05, 0) is 0 Å². The minimum Gasteiger partial charge on any atom is -0.400 e. The molecule has 0 aliphatic heterocycles. The lowest BCUT2D eigenvalue weighted by molar-refractivity contribution is 0.399. The Morgan fingerprint density at radius 2 is 0.308 bits per heavy atom. The zero-order chi connectivity index (χ0) is 12.0. The topological polar surface area (TPSA) is 121 Å². The molecule has 0 saturated carbocycles. The molecule has 0 heterocycles. The molecule has 0 rings (SSSR count). The van der Waals surface area contributed by atoms with Crippen LogP contribution in [0.15, 0.2) is 0 Å². The lowest BCUT2D eigenvalue weighted by Gasteiger charge is -1.21. The van der Waals surface area contributed by atoms with Gasteiger partial charge in [-0.15, -0.1) is 12.4 Å². The van der Waals surface area contributed by atoms with E-state index in [1.54, 1.807) is 0 Å². The van der Waals surface area contributed by atoms with E-state index in [4.69, 9.17) is 30.6 Å². The van der Waals surface area contributed by atoms with Crippen molar-refractivity contribution >= 4 is 12.4 Å². The Kier molecular flexibility index (Phi) is 2340000. The highest BCUT2D eigenvalue weighted by Crippen LogP contribution is 0.765. The van der Waals surface area contributed by atoms with E-state index >= 15 is 0 Å². The average molecular weight is 229 g/mol. The van der Waals surface area contributed by atoms with Crippen LogP contribution in [0.5, 0.6) is 0 Å². The van der Waals surface area contributed by atoms with Gasteiger partial charge in [0, 0.05) is 42.7 Å².